The summed E-state index contributed by atoms with van der Waals surface area (Å²) in [5.74, 6) is -1.34. The van der Waals surface area contributed by atoms with Gasteiger partial charge in [-0.05, 0) is 42.0 Å². The Hall–Kier alpha value is -2.67. The first-order valence-corrected chi connectivity index (χ1v) is 12.5. The van der Waals surface area contributed by atoms with E-state index < -0.39 is 43.5 Å². The van der Waals surface area contributed by atoms with Gasteiger partial charge in [0.15, 0.2) is 0 Å². The lowest BCUT2D eigenvalue weighted by Crippen LogP contribution is -2.38. The number of hydrogen-bond acceptors (Lipinski definition) is 5. The minimum atomic E-state index is -4.02. The fourth-order valence-corrected chi connectivity index (χ4v) is 5.52. The molecule has 0 spiro atoms. The fourth-order valence-electron chi connectivity index (χ4n) is 3.01. The van der Waals surface area contributed by atoms with Crippen LogP contribution in [0.25, 0.3) is 0 Å². The zero-order valence-corrected chi connectivity index (χ0v) is 18.9. The molecule has 1 atom stereocenters. The summed E-state index contributed by atoms with van der Waals surface area (Å²) in [5.41, 5.74) is 0.343. The molecule has 1 unspecified atom stereocenters. The molecule has 12 heteroatoms. The second-order valence-electron chi connectivity index (χ2n) is 7.10. The zero-order valence-electron chi connectivity index (χ0n) is 17.3. The molecule has 1 heterocycles. The van der Waals surface area contributed by atoms with E-state index in [0.717, 1.165) is 28.6 Å². The Kier molecular flexibility index (Phi) is 7.08. The maximum absolute atomic E-state index is 13.8. The molecule has 0 saturated heterocycles. The number of benzene rings is 2. The number of nitrogens with zero attached hydrogens (tertiary/aromatic N) is 3. The summed E-state index contributed by atoms with van der Waals surface area (Å²) in [7, 11) is -5.12. The number of aryl methyl sites for hydroxylation is 1. The summed E-state index contributed by atoms with van der Waals surface area (Å²) >= 11 is 0. The van der Waals surface area contributed by atoms with Crippen LogP contribution in [0.15, 0.2) is 65.8 Å². The molecule has 0 fully saturated rings. The Morgan fingerprint density at radius 1 is 1.06 bits per heavy atom. The fraction of sp³-hybridized carbons (Fsp3) is 0.250. The van der Waals surface area contributed by atoms with Gasteiger partial charge in [-0.1, -0.05) is 12.1 Å². The van der Waals surface area contributed by atoms with Gasteiger partial charge in [0.25, 0.3) is 0 Å². The Bertz CT molecular complexity index is 1290. The first kappa shape index (κ1) is 24.0. The van der Waals surface area contributed by atoms with Crippen LogP contribution in [0, 0.1) is 11.6 Å². The molecule has 0 bridgehead atoms. The first-order valence-electron chi connectivity index (χ1n) is 9.44. The Morgan fingerprint density at radius 3 is 2.34 bits per heavy atom. The summed E-state index contributed by atoms with van der Waals surface area (Å²) in [6.07, 6.45) is 3.11. The highest BCUT2D eigenvalue weighted by Gasteiger charge is 2.27. The van der Waals surface area contributed by atoms with E-state index in [2.05, 4.69) is 9.71 Å². The lowest BCUT2D eigenvalue weighted by molar-refractivity contribution is 0.482. The van der Waals surface area contributed by atoms with Crippen molar-refractivity contribution >= 4 is 20.0 Å². The summed E-state index contributed by atoms with van der Waals surface area (Å²) in [6.45, 7) is -0.356. The van der Waals surface area contributed by atoms with Gasteiger partial charge >= 0.3 is 0 Å². The largest absolute Gasteiger partial charge is 0.336 e. The van der Waals surface area contributed by atoms with Gasteiger partial charge in [0.1, 0.15) is 23.5 Å². The maximum Gasteiger partial charge on any atom is 0.242 e. The molecule has 3 rings (SSSR count). The van der Waals surface area contributed by atoms with Crippen molar-refractivity contribution in [3.63, 3.8) is 0 Å². The minimum absolute atomic E-state index is 0.155. The van der Waals surface area contributed by atoms with Crippen molar-refractivity contribution in [1.29, 1.82) is 0 Å². The van der Waals surface area contributed by atoms with Crippen LogP contribution < -0.4 is 4.72 Å². The summed E-state index contributed by atoms with van der Waals surface area (Å²) in [4.78, 5) is 4.01. The summed E-state index contributed by atoms with van der Waals surface area (Å²) in [5, 5.41) is 0. The number of rotatable bonds is 9. The molecule has 0 radical (unpaired) electrons. The quantitative estimate of drug-likeness (QED) is 0.501. The van der Waals surface area contributed by atoms with Gasteiger partial charge in [0.05, 0.1) is 10.6 Å². The predicted molar refractivity (Wildman–Crippen MR) is 115 cm³/mol. The number of sulfonamides is 2. The normalized spacial score (nSPS) is 13.4. The van der Waals surface area contributed by atoms with E-state index in [-0.39, 0.29) is 11.4 Å². The number of hydrogen-bond donors (Lipinski definition) is 1. The van der Waals surface area contributed by atoms with E-state index in [1.165, 1.54) is 31.4 Å². The molecule has 1 N–H and O–H groups in total. The molecule has 0 amide bonds. The molecule has 0 aliphatic carbocycles. The van der Waals surface area contributed by atoms with Crippen LogP contribution in [-0.4, -0.2) is 50.0 Å². The van der Waals surface area contributed by atoms with Gasteiger partial charge in [-0.25, -0.2) is 35.3 Å². The highest BCUT2D eigenvalue weighted by Crippen LogP contribution is 2.22. The van der Waals surface area contributed by atoms with Gasteiger partial charge in [-0.2, -0.15) is 4.31 Å². The Balaban J connectivity index is 1.79. The number of aromatic nitrogens is 2. The van der Waals surface area contributed by atoms with Gasteiger partial charge in [-0.15, -0.1) is 0 Å². The predicted octanol–water partition coefficient (Wildman–Crippen LogP) is 2.03. The van der Waals surface area contributed by atoms with E-state index in [0.29, 0.717) is 11.4 Å². The van der Waals surface area contributed by atoms with Crippen molar-refractivity contribution in [1.82, 2.24) is 18.6 Å². The summed E-state index contributed by atoms with van der Waals surface area (Å²) < 4.78 is 82.6. The van der Waals surface area contributed by atoms with E-state index in [1.807, 2.05) is 0 Å². The molecule has 32 heavy (non-hydrogen) atoms. The van der Waals surface area contributed by atoms with Crippen molar-refractivity contribution in [2.45, 2.75) is 10.9 Å². The average Bonchev–Trinajstić information content (AvgIpc) is 3.16. The van der Waals surface area contributed by atoms with Crippen LogP contribution in [0.4, 0.5) is 8.78 Å². The van der Waals surface area contributed by atoms with E-state index >= 15 is 0 Å². The SMILES string of the molecule is CN(CCS(=O)(=O)NC(c1cccc(F)c1)c1nccn1C)S(=O)(=O)c1ccc(F)cc1. The topological polar surface area (TPSA) is 101 Å². The monoisotopic (exact) mass is 484 g/mol. The molecular weight excluding hydrogens is 462 g/mol. The third-order valence-corrected chi connectivity index (χ3v) is 7.98. The number of nitrogens with one attached hydrogen (secondary N) is 1. The Morgan fingerprint density at radius 2 is 1.75 bits per heavy atom. The van der Waals surface area contributed by atoms with Gasteiger partial charge in [-0.3, -0.25) is 0 Å². The van der Waals surface area contributed by atoms with Gasteiger partial charge in [0.2, 0.25) is 20.0 Å². The molecule has 0 aliphatic rings. The molecule has 2 aromatic carbocycles. The third-order valence-electron chi connectivity index (χ3n) is 4.79. The highest BCUT2D eigenvalue weighted by molar-refractivity contribution is 7.90. The molecule has 3 aromatic rings. The second-order valence-corrected chi connectivity index (χ2v) is 11.0. The second kappa shape index (κ2) is 9.45. The van der Waals surface area contributed by atoms with E-state index in [1.54, 1.807) is 23.9 Å². The molecule has 0 saturated carbocycles. The Labute approximate surface area is 185 Å². The van der Waals surface area contributed by atoms with Crippen LogP contribution in [0.3, 0.4) is 0 Å². The van der Waals surface area contributed by atoms with Crippen LogP contribution >= 0.6 is 0 Å². The van der Waals surface area contributed by atoms with Gasteiger partial charge < -0.3 is 4.57 Å². The maximum atomic E-state index is 13.8. The van der Waals surface area contributed by atoms with Crippen molar-refractivity contribution in [3.05, 3.63) is 83.9 Å². The molecule has 8 nitrogen and oxygen atoms in total. The van der Waals surface area contributed by atoms with Crippen LogP contribution in [-0.2, 0) is 27.1 Å². The smallest absolute Gasteiger partial charge is 0.242 e. The van der Waals surface area contributed by atoms with Crippen molar-refractivity contribution in [2.24, 2.45) is 7.05 Å². The molecule has 1 aromatic heterocycles. The average molecular weight is 485 g/mol. The minimum Gasteiger partial charge on any atom is -0.336 e. The first-order chi connectivity index (χ1) is 15.0. The van der Waals surface area contributed by atoms with E-state index in [9.17, 15) is 25.6 Å². The molecule has 172 valence electrons. The zero-order chi connectivity index (χ0) is 23.5. The van der Waals surface area contributed by atoms with E-state index in [4.69, 9.17) is 0 Å². The van der Waals surface area contributed by atoms with Gasteiger partial charge in [0, 0.05) is 33.0 Å². The van der Waals surface area contributed by atoms with Crippen molar-refractivity contribution in [3.8, 4) is 0 Å². The third kappa shape index (κ3) is 5.57. The summed E-state index contributed by atoms with van der Waals surface area (Å²) in [6, 6.07) is 8.72. The van der Waals surface area contributed by atoms with Crippen molar-refractivity contribution in [2.75, 3.05) is 19.3 Å². The molecular formula is C20H22F2N4O4S2. The van der Waals surface area contributed by atoms with Crippen LogP contribution in [0.5, 0.6) is 0 Å². The standard InChI is InChI=1S/C20H22F2N4O4S2/c1-25-11-10-23-20(25)19(15-4-3-5-17(22)14-15)24-31(27,28)13-12-26(2)32(29,30)18-8-6-16(21)7-9-18/h3-11,14,19,24H,12-13H2,1-2H3. The molecule has 0 aliphatic heterocycles. The highest BCUT2D eigenvalue weighted by atomic mass is 32.2. The lowest BCUT2D eigenvalue weighted by Gasteiger charge is -2.21. The van der Waals surface area contributed by atoms with Crippen LogP contribution in [0.2, 0.25) is 0 Å². The number of imidazole rings is 1. The number of halogens is 2. The van der Waals surface area contributed by atoms with Crippen LogP contribution in [0.1, 0.15) is 17.4 Å². The lowest BCUT2D eigenvalue weighted by atomic mass is 10.1. The van der Waals surface area contributed by atoms with Crippen molar-refractivity contribution < 1.29 is 25.6 Å².